The lowest BCUT2D eigenvalue weighted by Gasteiger charge is -2.26. The summed E-state index contributed by atoms with van der Waals surface area (Å²) in [7, 11) is 0. The zero-order chi connectivity index (χ0) is 18.8. The van der Waals surface area contributed by atoms with Gasteiger partial charge in [0.25, 0.3) is 0 Å². The normalized spacial score (nSPS) is 16.3. The van der Waals surface area contributed by atoms with E-state index in [0.29, 0.717) is 26.3 Å². The second-order valence-electron chi connectivity index (χ2n) is 5.70. The number of halogens is 2. The van der Waals surface area contributed by atoms with Crippen molar-refractivity contribution in [2.45, 2.75) is 19.3 Å². The van der Waals surface area contributed by atoms with Gasteiger partial charge in [-0.05, 0) is 5.56 Å². The molecule has 0 aliphatic carbocycles. The first kappa shape index (κ1) is 20.2. The summed E-state index contributed by atoms with van der Waals surface area (Å²) in [5.74, 6) is -1.30. The summed E-state index contributed by atoms with van der Waals surface area (Å²) in [6.07, 6.45) is 0. The summed E-state index contributed by atoms with van der Waals surface area (Å²) in [4.78, 5) is 26.1. The Morgan fingerprint density at radius 3 is 2.54 bits per heavy atom. The van der Waals surface area contributed by atoms with Crippen molar-refractivity contribution in [1.29, 1.82) is 0 Å². The maximum Gasteiger partial charge on any atom is 0.345 e. The smallest absolute Gasteiger partial charge is 0.345 e. The molecule has 0 radical (unpaired) electrons. The van der Waals surface area contributed by atoms with Crippen molar-refractivity contribution in [3.8, 4) is 0 Å². The highest BCUT2D eigenvalue weighted by molar-refractivity contribution is 5.85. The molecule has 9 heteroatoms. The number of nitrogens with zero attached hydrogens (tertiary/aromatic N) is 1. The van der Waals surface area contributed by atoms with Crippen LogP contribution in [-0.2, 0) is 30.4 Å². The van der Waals surface area contributed by atoms with E-state index in [1.165, 1.54) is 0 Å². The number of carbonyl (C=O) groups is 2. The van der Waals surface area contributed by atoms with Crippen LogP contribution in [0.3, 0.4) is 0 Å². The number of amides is 1. The molecule has 0 aromatic heterocycles. The Kier molecular flexibility index (Phi) is 8.39. The molecule has 1 aromatic rings. The predicted octanol–water partition coefficient (Wildman–Crippen LogP) is 0.786. The van der Waals surface area contributed by atoms with Crippen molar-refractivity contribution in [3.05, 3.63) is 35.9 Å². The van der Waals surface area contributed by atoms with Crippen LogP contribution in [0, 0.1) is 0 Å². The molecule has 1 atom stereocenters. The molecule has 1 N–H and O–H groups in total. The lowest BCUT2D eigenvalue weighted by atomic mass is 10.2. The van der Waals surface area contributed by atoms with E-state index in [1.54, 1.807) is 24.3 Å². The Hall–Kier alpha value is -2.10. The highest BCUT2D eigenvalue weighted by Crippen LogP contribution is 2.04. The third-order valence-corrected chi connectivity index (χ3v) is 3.70. The zero-order valence-corrected chi connectivity index (χ0v) is 14.2. The largest absolute Gasteiger partial charge is 0.459 e. The minimum atomic E-state index is -3.05. The molecule has 1 aliphatic rings. The van der Waals surface area contributed by atoms with Crippen LogP contribution in [0.4, 0.5) is 8.78 Å². The highest BCUT2D eigenvalue weighted by Gasteiger charge is 2.25. The van der Waals surface area contributed by atoms with E-state index in [1.807, 2.05) is 11.0 Å². The summed E-state index contributed by atoms with van der Waals surface area (Å²) in [6, 6.07) is 7.59. The third-order valence-electron chi connectivity index (χ3n) is 3.70. The van der Waals surface area contributed by atoms with Gasteiger partial charge in [0.15, 0.2) is 6.04 Å². The van der Waals surface area contributed by atoms with Gasteiger partial charge in [0.2, 0.25) is 5.91 Å². The summed E-state index contributed by atoms with van der Waals surface area (Å²) in [6.45, 7) is -1.48. The van der Waals surface area contributed by atoms with Crippen LogP contribution < -0.4 is 5.32 Å². The Labute approximate surface area is 150 Å². The second-order valence-corrected chi connectivity index (χ2v) is 5.70. The second kappa shape index (κ2) is 10.8. The van der Waals surface area contributed by atoms with Gasteiger partial charge >= 0.3 is 12.6 Å². The van der Waals surface area contributed by atoms with Crippen LogP contribution in [-0.4, -0.2) is 68.9 Å². The first-order valence-corrected chi connectivity index (χ1v) is 8.24. The molecule has 7 nitrogen and oxygen atoms in total. The molecule has 2 rings (SSSR count). The van der Waals surface area contributed by atoms with Crippen molar-refractivity contribution >= 4 is 11.9 Å². The number of esters is 1. The molecule has 1 fully saturated rings. The molecule has 1 saturated heterocycles. The fraction of sp³-hybridized carbons (Fsp3) is 0.529. The van der Waals surface area contributed by atoms with Crippen molar-refractivity contribution in [1.82, 2.24) is 10.2 Å². The van der Waals surface area contributed by atoms with E-state index in [-0.39, 0.29) is 13.2 Å². The van der Waals surface area contributed by atoms with Gasteiger partial charge in [0.05, 0.1) is 26.4 Å². The molecular formula is C17H22F2N2O5. The molecule has 0 unspecified atom stereocenters. The first-order valence-electron chi connectivity index (χ1n) is 8.24. The quantitative estimate of drug-likeness (QED) is 0.646. The van der Waals surface area contributed by atoms with Crippen LogP contribution in [0.2, 0.25) is 0 Å². The number of ether oxygens (including phenoxy) is 3. The number of hydrogen-bond donors (Lipinski definition) is 1. The standard InChI is InChI=1S/C17H22F2N2O5/c18-17(19)26-12-14(16(23)25-11-13-4-2-1-3-5-13)20-15(22)10-21-6-8-24-9-7-21/h1-5,14,17H,6-12H2,(H,20,22)/t14-/m0/s1. The number of morpholine rings is 1. The first-order chi connectivity index (χ1) is 12.5. The molecule has 1 heterocycles. The minimum absolute atomic E-state index is 0.0236. The van der Waals surface area contributed by atoms with Gasteiger partial charge in [-0.3, -0.25) is 9.69 Å². The van der Waals surface area contributed by atoms with Crippen molar-refractivity contribution in [2.75, 3.05) is 39.5 Å². The van der Waals surface area contributed by atoms with Gasteiger partial charge in [-0.15, -0.1) is 0 Å². The Morgan fingerprint density at radius 2 is 1.88 bits per heavy atom. The molecule has 144 valence electrons. The minimum Gasteiger partial charge on any atom is -0.459 e. The van der Waals surface area contributed by atoms with Gasteiger partial charge < -0.3 is 19.5 Å². The molecule has 26 heavy (non-hydrogen) atoms. The van der Waals surface area contributed by atoms with E-state index < -0.39 is 31.1 Å². The SMILES string of the molecule is O=C(CN1CCOCC1)N[C@@H](COC(F)F)C(=O)OCc1ccccc1. The van der Waals surface area contributed by atoms with Crippen LogP contribution in [0.25, 0.3) is 0 Å². The van der Waals surface area contributed by atoms with Crippen molar-refractivity contribution < 1.29 is 32.6 Å². The van der Waals surface area contributed by atoms with Crippen LogP contribution >= 0.6 is 0 Å². The maximum atomic E-state index is 12.3. The predicted molar refractivity (Wildman–Crippen MR) is 87.4 cm³/mol. The summed E-state index contributed by atoms with van der Waals surface area (Å²) < 4.78 is 39.1. The van der Waals surface area contributed by atoms with E-state index in [2.05, 4.69) is 10.1 Å². The average molecular weight is 372 g/mol. The Balaban J connectivity index is 1.86. The lowest BCUT2D eigenvalue weighted by molar-refractivity contribution is -0.161. The fourth-order valence-electron chi connectivity index (χ4n) is 2.37. The van der Waals surface area contributed by atoms with Gasteiger partial charge in [0.1, 0.15) is 6.61 Å². The number of rotatable bonds is 9. The molecule has 1 aliphatic heterocycles. The number of hydrogen-bond acceptors (Lipinski definition) is 6. The van der Waals surface area contributed by atoms with Crippen LogP contribution in [0.15, 0.2) is 30.3 Å². The summed E-state index contributed by atoms with van der Waals surface area (Å²) >= 11 is 0. The van der Waals surface area contributed by atoms with Crippen LogP contribution in [0.1, 0.15) is 5.56 Å². The lowest BCUT2D eigenvalue weighted by Crippen LogP contribution is -2.50. The van der Waals surface area contributed by atoms with Gasteiger partial charge in [0, 0.05) is 13.1 Å². The highest BCUT2D eigenvalue weighted by atomic mass is 19.3. The third kappa shape index (κ3) is 7.42. The van der Waals surface area contributed by atoms with E-state index in [4.69, 9.17) is 9.47 Å². The van der Waals surface area contributed by atoms with Crippen LogP contribution in [0.5, 0.6) is 0 Å². The Morgan fingerprint density at radius 1 is 1.19 bits per heavy atom. The number of alkyl halides is 2. The number of nitrogens with one attached hydrogen (secondary N) is 1. The van der Waals surface area contributed by atoms with Gasteiger partial charge in [-0.1, -0.05) is 30.3 Å². The summed E-state index contributed by atoms with van der Waals surface area (Å²) in [5.41, 5.74) is 0.744. The van der Waals surface area contributed by atoms with E-state index in [9.17, 15) is 18.4 Å². The molecule has 0 spiro atoms. The number of benzene rings is 1. The summed E-state index contributed by atoms with van der Waals surface area (Å²) in [5, 5.41) is 2.40. The zero-order valence-electron chi connectivity index (χ0n) is 14.2. The fourth-order valence-corrected chi connectivity index (χ4v) is 2.37. The van der Waals surface area contributed by atoms with Gasteiger partial charge in [-0.25, -0.2) is 4.79 Å². The van der Waals surface area contributed by atoms with Crippen molar-refractivity contribution in [2.24, 2.45) is 0 Å². The monoisotopic (exact) mass is 372 g/mol. The Bertz CT molecular complexity index is 568. The van der Waals surface area contributed by atoms with E-state index in [0.717, 1.165) is 5.56 Å². The molecule has 0 saturated carbocycles. The molecule has 1 amide bonds. The van der Waals surface area contributed by atoms with E-state index >= 15 is 0 Å². The molecular weight excluding hydrogens is 350 g/mol. The molecule has 1 aromatic carbocycles. The van der Waals surface area contributed by atoms with Gasteiger partial charge in [-0.2, -0.15) is 8.78 Å². The maximum absolute atomic E-state index is 12.3. The van der Waals surface area contributed by atoms with Crippen molar-refractivity contribution in [3.63, 3.8) is 0 Å². The topological polar surface area (TPSA) is 77.1 Å². The molecule has 0 bridgehead atoms. The average Bonchev–Trinajstić information content (AvgIpc) is 2.64. The number of carbonyl (C=O) groups excluding carboxylic acids is 2.